The number of carbonyl (C=O) groups excluding carboxylic acids is 1. The Morgan fingerprint density at radius 1 is 1.25 bits per heavy atom. The van der Waals surface area contributed by atoms with Crippen LogP contribution in [-0.4, -0.2) is 37.5 Å². The van der Waals surface area contributed by atoms with Crippen LogP contribution in [0.5, 0.6) is 0 Å². The van der Waals surface area contributed by atoms with E-state index in [1.807, 2.05) is 0 Å². The molecule has 1 heterocycles. The smallest absolute Gasteiger partial charge is 0.302 e. The summed E-state index contributed by atoms with van der Waals surface area (Å²) in [6.45, 7) is 9.04. The van der Waals surface area contributed by atoms with Gasteiger partial charge in [-0.1, -0.05) is 18.6 Å². The van der Waals surface area contributed by atoms with Crippen molar-refractivity contribution >= 4 is 5.97 Å². The highest BCUT2D eigenvalue weighted by Gasteiger charge is 2.67. The predicted octanol–water partition coefficient (Wildman–Crippen LogP) is 3.88. The van der Waals surface area contributed by atoms with E-state index in [2.05, 4.69) is 26.8 Å². The first kappa shape index (κ1) is 17.9. The average molecular weight is 336 g/mol. The second-order valence-electron chi connectivity index (χ2n) is 8.48. The molecule has 1 saturated heterocycles. The van der Waals surface area contributed by atoms with Crippen LogP contribution in [-0.2, 0) is 19.0 Å². The third-order valence-electron chi connectivity index (χ3n) is 6.70. The minimum absolute atomic E-state index is 0.0459. The Kier molecular flexibility index (Phi) is 4.82. The molecule has 3 rings (SSSR count). The SMILES string of the molecule is CO[C@@H]1[C@H](OC(C)=O)CC[C@]2(CO2)[C@H]1[C@@]1(C)CC[C@@H]1CC=C(C)C. The molecule has 6 atom stereocenters. The Hall–Kier alpha value is -0.870. The van der Waals surface area contributed by atoms with Gasteiger partial charge in [-0.15, -0.1) is 0 Å². The molecule has 1 spiro atoms. The number of carbonyl (C=O) groups is 1. The van der Waals surface area contributed by atoms with Crippen LogP contribution < -0.4 is 0 Å². The van der Waals surface area contributed by atoms with Crippen molar-refractivity contribution in [2.75, 3.05) is 13.7 Å². The molecule has 2 saturated carbocycles. The topological polar surface area (TPSA) is 48.1 Å². The zero-order chi connectivity index (χ0) is 17.5. The molecule has 0 aromatic heterocycles. The monoisotopic (exact) mass is 336 g/mol. The molecule has 3 aliphatic rings. The van der Waals surface area contributed by atoms with E-state index in [4.69, 9.17) is 14.2 Å². The van der Waals surface area contributed by atoms with Gasteiger partial charge in [-0.05, 0) is 57.3 Å². The van der Waals surface area contributed by atoms with Crippen molar-refractivity contribution in [3.05, 3.63) is 11.6 Å². The lowest BCUT2D eigenvalue weighted by atomic mass is 9.48. The molecule has 0 N–H and O–H groups in total. The van der Waals surface area contributed by atoms with Crippen LogP contribution in [0, 0.1) is 17.3 Å². The third kappa shape index (κ3) is 3.03. The number of epoxide rings is 1. The summed E-state index contributed by atoms with van der Waals surface area (Å²) < 4.78 is 17.5. The predicted molar refractivity (Wildman–Crippen MR) is 92.6 cm³/mol. The summed E-state index contributed by atoms with van der Waals surface area (Å²) in [7, 11) is 1.75. The molecule has 0 radical (unpaired) electrons. The van der Waals surface area contributed by atoms with Crippen LogP contribution in [0.2, 0.25) is 0 Å². The quantitative estimate of drug-likeness (QED) is 0.434. The van der Waals surface area contributed by atoms with Gasteiger partial charge in [0.1, 0.15) is 12.2 Å². The van der Waals surface area contributed by atoms with Gasteiger partial charge in [0.25, 0.3) is 0 Å². The molecule has 0 bridgehead atoms. The molecular weight excluding hydrogens is 304 g/mol. The van der Waals surface area contributed by atoms with Crippen LogP contribution >= 0.6 is 0 Å². The lowest BCUT2D eigenvalue weighted by Crippen LogP contribution is -2.60. The van der Waals surface area contributed by atoms with Gasteiger partial charge in [0, 0.05) is 20.0 Å². The molecular formula is C20H32O4. The largest absolute Gasteiger partial charge is 0.460 e. The Morgan fingerprint density at radius 2 is 1.96 bits per heavy atom. The van der Waals surface area contributed by atoms with E-state index in [1.165, 1.54) is 25.3 Å². The van der Waals surface area contributed by atoms with E-state index < -0.39 is 0 Å². The standard InChI is InChI=1S/C20H32O4/c1-13(2)6-7-15-8-10-19(15,4)18-17(22-5)16(24-14(3)21)9-11-20(18)12-23-20/h6,15-18H,7-12H2,1-5H3/t15-,16+,17+,18+,19-,20-/m0/s1. The fourth-order valence-corrected chi connectivity index (χ4v) is 5.22. The van der Waals surface area contributed by atoms with Crippen molar-refractivity contribution in [2.45, 2.75) is 77.6 Å². The van der Waals surface area contributed by atoms with Gasteiger partial charge in [0.15, 0.2) is 0 Å². The molecule has 0 amide bonds. The van der Waals surface area contributed by atoms with Crippen molar-refractivity contribution in [1.29, 1.82) is 0 Å². The van der Waals surface area contributed by atoms with E-state index >= 15 is 0 Å². The number of hydrogen-bond donors (Lipinski definition) is 0. The van der Waals surface area contributed by atoms with E-state index in [0.717, 1.165) is 25.9 Å². The van der Waals surface area contributed by atoms with Crippen molar-refractivity contribution in [1.82, 2.24) is 0 Å². The number of hydrogen-bond acceptors (Lipinski definition) is 4. The lowest BCUT2D eigenvalue weighted by molar-refractivity contribution is -0.190. The number of ether oxygens (including phenoxy) is 3. The minimum atomic E-state index is -0.215. The Balaban J connectivity index is 1.84. The first-order valence-corrected chi connectivity index (χ1v) is 9.30. The maximum atomic E-state index is 11.5. The minimum Gasteiger partial charge on any atom is -0.460 e. The number of methoxy groups -OCH3 is 1. The Bertz CT molecular complexity index is 518. The van der Waals surface area contributed by atoms with E-state index in [9.17, 15) is 4.79 Å². The molecule has 4 nitrogen and oxygen atoms in total. The number of allylic oxidation sites excluding steroid dienone is 2. The first-order chi connectivity index (χ1) is 11.3. The van der Waals surface area contributed by atoms with Gasteiger partial charge in [-0.25, -0.2) is 0 Å². The fraction of sp³-hybridized carbons (Fsp3) is 0.850. The molecule has 1 aliphatic heterocycles. The average Bonchev–Trinajstić information content (AvgIpc) is 3.26. The molecule has 0 unspecified atom stereocenters. The third-order valence-corrected chi connectivity index (χ3v) is 6.70. The van der Waals surface area contributed by atoms with Crippen molar-refractivity contribution in [2.24, 2.45) is 17.3 Å². The second kappa shape index (κ2) is 6.45. The number of rotatable bonds is 5. The zero-order valence-electron chi connectivity index (χ0n) is 15.8. The van der Waals surface area contributed by atoms with Crippen LogP contribution in [0.4, 0.5) is 0 Å². The van der Waals surface area contributed by atoms with Gasteiger partial charge in [0.2, 0.25) is 0 Å². The molecule has 136 valence electrons. The summed E-state index contributed by atoms with van der Waals surface area (Å²) in [5.41, 5.74) is 1.53. The summed E-state index contributed by atoms with van der Waals surface area (Å²) >= 11 is 0. The van der Waals surface area contributed by atoms with Crippen molar-refractivity contribution in [3.8, 4) is 0 Å². The maximum absolute atomic E-state index is 11.5. The Morgan fingerprint density at radius 3 is 2.42 bits per heavy atom. The Labute approximate surface area is 145 Å². The van der Waals surface area contributed by atoms with Gasteiger partial charge >= 0.3 is 5.97 Å². The van der Waals surface area contributed by atoms with E-state index in [0.29, 0.717) is 11.8 Å². The second-order valence-corrected chi connectivity index (χ2v) is 8.48. The van der Waals surface area contributed by atoms with E-state index in [-0.39, 0.29) is 29.2 Å². The zero-order valence-corrected chi connectivity index (χ0v) is 15.8. The normalized spacial score (nSPS) is 43.9. The molecule has 0 aromatic carbocycles. The van der Waals surface area contributed by atoms with E-state index in [1.54, 1.807) is 7.11 Å². The number of esters is 1. The summed E-state index contributed by atoms with van der Waals surface area (Å²) in [6.07, 6.45) is 7.55. The van der Waals surface area contributed by atoms with Crippen LogP contribution in [0.15, 0.2) is 11.6 Å². The molecule has 3 fully saturated rings. The van der Waals surface area contributed by atoms with Gasteiger partial charge < -0.3 is 14.2 Å². The highest BCUT2D eigenvalue weighted by atomic mass is 16.6. The van der Waals surface area contributed by atoms with Crippen LogP contribution in [0.3, 0.4) is 0 Å². The summed E-state index contributed by atoms with van der Waals surface area (Å²) in [6, 6.07) is 0. The van der Waals surface area contributed by atoms with Gasteiger partial charge in [-0.3, -0.25) is 4.79 Å². The van der Waals surface area contributed by atoms with Gasteiger partial charge in [0.05, 0.1) is 12.2 Å². The van der Waals surface area contributed by atoms with Crippen LogP contribution in [0.1, 0.15) is 59.8 Å². The van der Waals surface area contributed by atoms with Crippen molar-refractivity contribution in [3.63, 3.8) is 0 Å². The molecule has 24 heavy (non-hydrogen) atoms. The lowest BCUT2D eigenvalue weighted by Gasteiger charge is -2.58. The summed E-state index contributed by atoms with van der Waals surface area (Å²) in [5, 5.41) is 0. The fourth-order valence-electron chi connectivity index (χ4n) is 5.22. The molecule has 4 heteroatoms. The summed E-state index contributed by atoms with van der Waals surface area (Å²) in [4.78, 5) is 11.5. The molecule has 0 aromatic rings. The van der Waals surface area contributed by atoms with Crippen LogP contribution in [0.25, 0.3) is 0 Å². The van der Waals surface area contributed by atoms with Gasteiger partial charge in [-0.2, -0.15) is 0 Å². The maximum Gasteiger partial charge on any atom is 0.302 e. The molecule has 2 aliphatic carbocycles. The highest BCUT2D eigenvalue weighted by molar-refractivity contribution is 5.66. The van der Waals surface area contributed by atoms with Crippen molar-refractivity contribution < 1.29 is 19.0 Å². The highest BCUT2D eigenvalue weighted by Crippen LogP contribution is 2.63. The summed E-state index contributed by atoms with van der Waals surface area (Å²) in [5.74, 6) is 0.748. The first-order valence-electron chi connectivity index (χ1n) is 9.30.